The number of nitrogens with one attached hydrogen (secondary N) is 3. The number of rotatable bonds is 8. The summed E-state index contributed by atoms with van der Waals surface area (Å²) in [6.07, 6.45) is 5.41. The number of carbonyl (C=O) groups excluding carboxylic acids is 2. The van der Waals surface area contributed by atoms with Gasteiger partial charge in [0.2, 0.25) is 17.8 Å². The van der Waals surface area contributed by atoms with Crippen LogP contribution in [0.5, 0.6) is 11.5 Å². The molecule has 11 heteroatoms. The number of methoxy groups -OCH3 is 2. The van der Waals surface area contributed by atoms with Gasteiger partial charge in [0.25, 0.3) is 5.91 Å². The Morgan fingerprint density at radius 2 is 1.94 bits per heavy atom. The highest BCUT2D eigenvalue weighted by atomic mass is 16.5. The summed E-state index contributed by atoms with van der Waals surface area (Å²) < 4.78 is 12.5. The number of hydrogen-bond donors (Lipinski definition) is 3. The van der Waals surface area contributed by atoms with Gasteiger partial charge in [0, 0.05) is 17.2 Å². The second kappa shape index (κ2) is 8.41. The zero-order valence-corrected chi connectivity index (χ0v) is 18.2. The van der Waals surface area contributed by atoms with Crippen molar-refractivity contribution in [3.63, 3.8) is 0 Å². The van der Waals surface area contributed by atoms with Crippen LogP contribution in [0.3, 0.4) is 0 Å². The number of anilines is 2. The lowest BCUT2D eigenvalue weighted by molar-refractivity contribution is -0.124. The van der Waals surface area contributed by atoms with Gasteiger partial charge >= 0.3 is 0 Å². The number of ether oxygens (including phenoxy) is 2. The van der Waals surface area contributed by atoms with Crippen LogP contribution in [0.4, 0.5) is 11.9 Å². The van der Waals surface area contributed by atoms with Gasteiger partial charge in [-0.2, -0.15) is 19.6 Å². The lowest BCUT2D eigenvalue weighted by Crippen LogP contribution is -2.19. The molecule has 1 aromatic carbocycles. The molecule has 11 nitrogen and oxygen atoms in total. The molecule has 3 aromatic rings. The van der Waals surface area contributed by atoms with Crippen molar-refractivity contribution in [3.8, 4) is 11.5 Å². The quantitative estimate of drug-likeness (QED) is 0.348. The first kappa shape index (κ1) is 20.7. The SMILES string of the molecule is COc1cccc(OC)c1CNc1nc(NC2CC2)n2ncc(/C=C3\CC(=O)NC3=O)c2n1. The highest BCUT2D eigenvalue weighted by Gasteiger charge is 2.26. The van der Waals surface area contributed by atoms with Gasteiger partial charge in [0.1, 0.15) is 11.5 Å². The van der Waals surface area contributed by atoms with E-state index in [9.17, 15) is 9.59 Å². The monoisotopic (exact) mass is 449 g/mol. The molecular weight excluding hydrogens is 426 g/mol. The summed E-state index contributed by atoms with van der Waals surface area (Å²) in [7, 11) is 3.21. The Kier molecular flexibility index (Phi) is 5.29. The van der Waals surface area contributed by atoms with E-state index in [2.05, 4.69) is 31.0 Å². The molecule has 170 valence electrons. The molecule has 1 saturated carbocycles. The van der Waals surface area contributed by atoms with Gasteiger partial charge < -0.3 is 20.1 Å². The van der Waals surface area contributed by atoms with Crippen LogP contribution in [-0.2, 0) is 16.1 Å². The van der Waals surface area contributed by atoms with Gasteiger partial charge in [-0.25, -0.2) is 0 Å². The highest BCUT2D eigenvalue weighted by Crippen LogP contribution is 2.30. The molecule has 3 heterocycles. The topological polar surface area (TPSA) is 132 Å². The average molecular weight is 449 g/mol. The van der Waals surface area contributed by atoms with Crippen molar-refractivity contribution in [2.75, 3.05) is 24.9 Å². The van der Waals surface area contributed by atoms with Gasteiger partial charge in [-0.3, -0.25) is 14.9 Å². The summed E-state index contributed by atoms with van der Waals surface area (Å²) in [6.45, 7) is 0.369. The Balaban J connectivity index is 1.51. The first-order valence-corrected chi connectivity index (χ1v) is 10.6. The largest absolute Gasteiger partial charge is 0.496 e. The summed E-state index contributed by atoms with van der Waals surface area (Å²) >= 11 is 0. The lowest BCUT2D eigenvalue weighted by atomic mass is 10.1. The van der Waals surface area contributed by atoms with E-state index in [0.29, 0.717) is 52.8 Å². The van der Waals surface area contributed by atoms with Crippen molar-refractivity contribution in [3.05, 3.63) is 41.1 Å². The van der Waals surface area contributed by atoms with Gasteiger partial charge in [-0.05, 0) is 31.1 Å². The molecule has 2 fully saturated rings. The summed E-state index contributed by atoms with van der Waals surface area (Å²) in [6, 6.07) is 5.92. The molecule has 1 aliphatic carbocycles. The molecule has 1 aliphatic heterocycles. The van der Waals surface area contributed by atoms with E-state index in [1.165, 1.54) is 0 Å². The highest BCUT2D eigenvalue weighted by molar-refractivity contribution is 6.15. The third kappa shape index (κ3) is 4.16. The Morgan fingerprint density at radius 3 is 2.58 bits per heavy atom. The fourth-order valence-electron chi connectivity index (χ4n) is 3.66. The van der Waals surface area contributed by atoms with Crippen molar-refractivity contribution < 1.29 is 19.1 Å². The minimum Gasteiger partial charge on any atom is -0.496 e. The summed E-state index contributed by atoms with van der Waals surface area (Å²) in [5.41, 5.74) is 2.34. The summed E-state index contributed by atoms with van der Waals surface area (Å²) in [5.74, 6) is 1.59. The molecule has 5 rings (SSSR count). The van der Waals surface area contributed by atoms with Crippen molar-refractivity contribution in [2.24, 2.45) is 0 Å². The van der Waals surface area contributed by atoms with Gasteiger partial charge in [-0.1, -0.05) is 6.07 Å². The predicted molar refractivity (Wildman–Crippen MR) is 120 cm³/mol. The van der Waals surface area contributed by atoms with E-state index in [1.807, 2.05) is 18.2 Å². The molecule has 2 aromatic heterocycles. The smallest absolute Gasteiger partial charge is 0.254 e. The zero-order chi connectivity index (χ0) is 22.9. The fraction of sp³-hybridized carbons (Fsp3) is 0.318. The number of nitrogens with zero attached hydrogens (tertiary/aromatic N) is 4. The van der Waals surface area contributed by atoms with Crippen LogP contribution in [0.25, 0.3) is 11.7 Å². The molecule has 3 N–H and O–H groups in total. The fourth-order valence-corrected chi connectivity index (χ4v) is 3.66. The molecular formula is C22H23N7O4. The second-order valence-electron chi connectivity index (χ2n) is 7.84. The normalized spacial score (nSPS) is 16.8. The van der Waals surface area contributed by atoms with Crippen LogP contribution in [0.1, 0.15) is 30.4 Å². The predicted octanol–water partition coefficient (Wildman–Crippen LogP) is 1.76. The minimum atomic E-state index is -0.397. The average Bonchev–Trinajstić information content (AvgIpc) is 3.45. The van der Waals surface area contributed by atoms with Crippen LogP contribution in [0, 0.1) is 0 Å². The number of benzene rings is 1. The van der Waals surface area contributed by atoms with Gasteiger partial charge in [0.05, 0.1) is 38.9 Å². The van der Waals surface area contributed by atoms with Gasteiger partial charge in [-0.15, -0.1) is 0 Å². The number of amides is 2. The van der Waals surface area contributed by atoms with Crippen LogP contribution in [0.2, 0.25) is 0 Å². The molecule has 0 bridgehead atoms. The summed E-state index contributed by atoms with van der Waals surface area (Å²) in [4.78, 5) is 32.8. The maximum Gasteiger partial charge on any atom is 0.254 e. The Bertz CT molecular complexity index is 1260. The van der Waals surface area contributed by atoms with E-state index in [0.717, 1.165) is 18.4 Å². The van der Waals surface area contributed by atoms with Crippen molar-refractivity contribution in [1.82, 2.24) is 24.9 Å². The molecule has 0 unspecified atom stereocenters. The van der Waals surface area contributed by atoms with Crippen molar-refractivity contribution in [1.29, 1.82) is 0 Å². The lowest BCUT2D eigenvalue weighted by Gasteiger charge is -2.14. The Labute approximate surface area is 189 Å². The van der Waals surface area contributed by atoms with E-state index in [-0.39, 0.29) is 12.3 Å². The first-order valence-electron chi connectivity index (χ1n) is 10.6. The molecule has 0 radical (unpaired) electrons. The number of fused-ring (bicyclic) bond motifs is 1. The Hall–Kier alpha value is -4.15. The van der Waals surface area contributed by atoms with Crippen LogP contribution >= 0.6 is 0 Å². The standard InChI is InChI=1S/C22H23N7O4/c1-32-16-4-3-5-17(33-2)15(16)11-23-21-27-19-13(8-12-9-18(30)26-20(12)31)10-24-29(19)22(28-21)25-14-6-7-14/h3-5,8,10,14H,6-7,9,11H2,1-2H3,(H,26,30,31)(H2,23,25,27,28)/b12-8+. The molecule has 0 spiro atoms. The molecule has 2 aliphatic rings. The van der Waals surface area contributed by atoms with E-state index in [1.54, 1.807) is 31.0 Å². The third-order valence-corrected chi connectivity index (χ3v) is 5.48. The minimum absolute atomic E-state index is 0.0349. The molecule has 0 atom stereocenters. The molecule has 2 amide bonds. The maximum atomic E-state index is 12.0. The number of carbonyl (C=O) groups is 2. The maximum absolute atomic E-state index is 12.0. The molecule has 33 heavy (non-hydrogen) atoms. The number of aromatic nitrogens is 4. The Morgan fingerprint density at radius 1 is 1.18 bits per heavy atom. The molecule has 1 saturated heterocycles. The van der Waals surface area contributed by atoms with Crippen LogP contribution in [-0.4, -0.2) is 51.7 Å². The zero-order valence-electron chi connectivity index (χ0n) is 18.2. The first-order chi connectivity index (χ1) is 16.1. The van der Waals surface area contributed by atoms with E-state index >= 15 is 0 Å². The van der Waals surface area contributed by atoms with Crippen molar-refractivity contribution in [2.45, 2.75) is 31.8 Å². The third-order valence-electron chi connectivity index (χ3n) is 5.48. The van der Waals surface area contributed by atoms with Crippen LogP contribution < -0.4 is 25.4 Å². The van der Waals surface area contributed by atoms with E-state index in [4.69, 9.17) is 9.47 Å². The number of hydrogen-bond acceptors (Lipinski definition) is 9. The van der Waals surface area contributed by atoms with Crippen LogP contribution in [0.15, 0.2) is 30.0 Å². The summed E-state index contributed by atoms with van der Waals surface area (Å²) in [5, 5.41) is 13.3. The van der Waals surface area contributed by atoms with Gasteiger partial charge in [0.15, 0.2) is 5.65 Å². The number of imide groups is 1. The van der Waals surface area contributed by atoms with E-state index < -0.39 is 5.91 Å². The second-order valence-corrected chi connectivity index (χ2v) is 7.84. The van der Waals surface area contributed by atoms with Crippen molar-refractivity contribution >= 4 is 35.4 Å².